The SMILES string of the molecule is COc1ccc([C@@H]2N[C@@H](C(=O)O)CS2)cc1COc1ccccn1. The van der Waals surface area contributed by atoms with E-state index in [-0.39, 0.29) is 5.37 Å². The van der Waals surface area contributed by atoms with Crippen LogP contribution in [0.25, 0.3) is 0 Å². The van der Waals surface area contributed by atoms with E-state index >= 15 is 0 Å². The molecule has 2 aromatic rings. The van der Waals surface area contributed by atoms with E-state index in [0.29, 0.717) is 18.2 Å². The maximum absolute atomic E-state index is 11.1. The molecular weight excluding hydrogens is 328 g/mol. The van der Waals surface area contributed by atoms with Gasteiger partial charge in [0.2, 0.25) is 5.88 Å². The lowest BCUT2D eigenvalue weighted by molar-refractivity contribution is -0.138. The van der Waals surface area contributed by atoms with Crippen LogP contribution in [0.15, 0.2) is 42.6 Å². The highest BCUT2D eigenvalue weighted by molar-refractivity contribution is 7.99. The molecule has 1 aromatic carbocycles. The van der Waals surface area contributed by atoms with E-state index in [0.717, 1.165) is 16.9 Å². The Morgan fingerprint density at radius 3 is 2.96 bits per heavy atom. The summed E-state index contributed by atoms with van der Waals surface area (Å²) in [6, 6.07) is 10.8. The smallest absolute Gasteiger partial charge is 0.321 e. The number of aliphatic carboxylic acids is 1. The quantitative estimate of drug-likeness (QED) is 0.831. The van der Waals surface area contributed by atoms with Crippen molar-refractivity contribution in [2.24, 2.45) is 0 Å². The first-order valence-electron chi connectivity index (χ1n) is 7.48. The Hall–Kier alpha value is -2.25. The second kappa shape index (κ2) is 7.55. The largest absolute Gasteiger partial charge is 0.496 e. The van der Waals surface area contributed by atoms with Gasteiger partial charge in [-0.1, -0.05) is 12.1 Å². The van der Waals surface area contributed by atoms with Crippen LogP contribution in [0.4, 0.5) is 0 Å². The minimum atomic E-state index is -0.822. The summed E-state index contributed by atoms with van der Waals surface area (Å²) in [6.07, 6.45) is 1.67. The van der Waals surface area contributed by atoms with Crippen molar-refractivity contribution in [3.05, 3.63) is 53.7 Å². The third kappa shape index (κ3) is 3.80. The Labute approximate surface area is 144 Å². The highest BCUT2D eigenvalue weighted by Crippen LogP contribution is 2.35. The van der Waals surface area contributed by atoms with Crippen molar-refractivity contribution >= 4 is 17.7 Å². The Balaban J connectivity index is 1.74. The van der Waals surface area contributed by atoms with Crippen LogP contribution < -0.4 is 14.8 Å². The van der Waals surface area contributed by atoms with Gasteiger partial charge in [0.15, 0.2) is 0 Å². The summed E-state index contributed by atoms with van der Waals surface area (Å²) < 4.78 is 11.1. The van der Waals surface area contributed by atoms with Crippen molar-refractivity contribution < 1.29 is 19.4 Å². The number of ether oxygens (including phenoxy) is 2. The first kappa shape index (κ1) is 16.6. The fraction of sp³-hybridized carbons (Fsp3) is 0.294. The molecule has 0 amide bonds. The number of nitrogens with one attached hydrogen (secondary N) is 1. The van der Waals surface area contributed by atoms with Crippen molar-refractivity contribution in [1.82, 2.24) is 10.3 Å². The van der Waals surface area contributed by atoms with Gasteiger partial charge in [-0.25, -0.2) is 4.98 Å². The minimum absolute atomic E-state index is 0.0504. The van der Waals surface area contributed by atoms with Gasteiger partial charge in [0, 0.05) is 23.6 Å². The molecular formula is C17H18N2O4S. The van der Waals surface area contributed by atoms with E-state index in [1.54, 1.807) is 31.1 Å². The monoisotopic (exact) mass is 346 g/mol. The fourth-order valence-electron chi connectivity index (χ4n) is 2.46. The van der Waals surface area contributed by atoms with Gasteiger partial charge in [-0.3, -0.25) is 10.1 Å². The summed E-state index contributed by atoms with van der Waals surface area (Å²) in [5.41, 5.74) is 1.89. The highest BCUT2D eigenvalue weighted by Gasteiger charge is 2.30. The Kier molecular flexibility index (Phi) is 5.22. The zero-order chi connectivity index (χ0) is 16.9. The number of thioether (sulfide) groups is 1. The predicted molar refractivity (Wildman–Crippen MR) is 91.3 cm³/mol. The van der Waals surface area contributed by atoms with Gasteiger partial charge < -0.3 is 14.6 Å². The Bertz CT molecular complexity index is 711. The summed E-state index contributed by atoms with van der Waals surface area (Å²) in [4.78, 5) is 15.2. The van der Waals surface area contributed by atoms with Crippen LogP contribution in [0.2, 0.25) is 0 Å². The van der Waals surface area contributed by atoms with Crippen molar-refractivity contribution in [2.75, 3.05) is 12.9 Å². The van der Waals surface area contributed by atoms with Crippen LogP contribution in [0.5, 0.6) is 11.6 Å². The first-order valence-corrected chi connectivity index (χ1v) is 8.53. The molecule has 1 aliphatic rings. The Morgan fingerprint density at radius 2 is 2.29 bits per heavy atom. The van der Waals surface area contributed by atoms with Gasteiger partial charge in [0.25, 0.3) is 0 Å². The number of hydrogen-bond donors (Lipinski definition) is 2. The summed E-state index contributed by atoms with van der Waals surface area (Å²) in [7, 11) is 1.61. The van der Waals surface area contributed by atoms with E-state index in [1.807, 2.05) is 30.3 Å². The molecule has 0 unspecified atom stereocenters. The summed E-state index contributed by atoms with van der Waals surface area (Å²) >= 11 is 1.58. The van der Waals surface area contributed by atoms with Crippen molar-refractivity contribution in [2.45, 2.75) is 18.0 Å². The van der Waals surface area contributed by atoms with Crippen LogP contribution in [-0.4, -0.2) is 35.0 Å². The van der Waals surface area contributed by atoms with E-state index in [9.17, 15) is 4.79 Å². The third-order valence-corrected chi connectivity index (χ3v) is 4.97. The molecule has 0 spiro atoms. The molecule has 1 fully saturated rings. The maximum atomic E-state index is 11.1. The first-order chi connectivity index (χ1) is 11.7. The number of methoxy groups -OCH3 is 1. The molecule has 0 aliphatic carbocycles. The molecule has 0 bridgehead atoms. The van der Waals surface area contributed by atoms with Crippen molar-refractivity contribution in [3.63, 3.8) is 0 Å². The molecule has 1 saturated heterocycles. The highest BCUT2D eigenvalue weighted by atomic mass is 32.2. The second-order valence-corrected chi connectivity index (χ2v) is 6.44. The second-order valence-electron chi connectivity index (χ2n) is 5.30. The fourth-order valence-corrected chi connectivity index (χ4v) is 3.69. The molecule has 0 radical (unpaired) electrons. The standard InChI is InChI=1S/C17H18N2O4S/c1-22-14-6-5-11(16-19-13(10-24-16)17(20)21)8-12(14)9-23-15-4-2-3-7-18-15/h2-8,13,16,19H,9-10H2,1H3,(H,20,21)/t13-,16-/m1/s1. The lowest BCUT2D eigenvalue weighted by atomic mass is 10.1. The van der Waals surface area contributed by atoms with E-state index in [1.165, 1.54) is 0 Å². The van der Waals surface area contributed by atoms with E-state index in [2.05, 4.69) is 10.3 Å². The molecule has 126 valence electrons. The number of pyridine rings is 1. The summed E-state index contributed by atoms with van der Waals surface area (Å²) in [6.45, 7) is 0.327. The third-order valence-electron chi connectivity index (χ3n) is 3.70. The lowest BCUT2D eigenvalue weighted by Gasteiger charge is -2.15. The van der Waals surface area contributed by atoms with E-state index < -0.39 is 12.0 Å². The zero-order valence-electron chi connectivity index (χ0n) is 13.1. The lowest BCUT2D eigenvalue weighted by Crippen LogP contribution is -2.33. The molecule has 2 N–H and O–H groups in total. The molecule has 1 aromatic heterocycles. The number of carboxylic acid groups (broad SMARTS) is 1. The maximum Gasteiger partial charge on any atom is 0.321 e. The normalized spacial score (nSPS) is 19.9. The van der Waals surface area contributed by atoms with Crippen molar-refractivity contribution in [3.8, 4) is 11.6 Å². The van der Waals surface area contributed by atoms with Crippen LogP contribution in [0.1, 0.15) is 16.5 Å². The van der Waals surface area contributed by atoms with Crippen molar-refractivity contribution in [1.29, 1.82) is 0 Å². The minimum Gasteiger partial charge on any atom is -0.496 e. The number of nitrogens with zero attached hydrogens (tertiary/aromatic N) is 1. The number of rotatable bonds is 6. The summed E-state index contributed by atoms with van der Waals surface area (Å²) in [5, 5.41) is 12.2. The van der Waals surface area contributed by atoms with Gasteiger partial charge in [-0.2, -0.15) is 0 Å². The number of aromatic nitrogens is 1. The van der Waals surface area contributed by atoms with Gasteiger partial charge in [-0.15, -0.1) is 11.8 Å². The van der Waals surface area contributed by atoms with Crippen LogP contribution in [0, 0.1) is 0 Å². The molecule has 24 heavy (non-hydrogen) atoms. The van der Waals surface area contributed by atoms with Gasteiger partial charge in [0.05, 0.1) is 12.5 Å². The van der Waals surface area contributed by atoms with Crippen LogP contribution >= 0.6 is 11.8 Å². The predicted octanol–water partition coefficient (Wildman–Crippen LogP) is 2.46. The Morgan fingerprint density at radius 1 is 1.42 bits per heavy atom. The molecule has 3 rings (SSSR count). The van der Waals surface area contributed by atoms with Crippen LogP contribution in [0.3, 0.4) is 0 Å². The average Bonchev–Trinajstić information content (AvgIpc) is 3.11. The van der Waals surface area contributed by atoms with E-state index in [4.69, 9.17) is 14.6 Å². The number of benzene rings is 1. The molecule has 0 saturated carbocycles. The number of carboxylic acids is 1. The number of hydrogen-bond acceptors (Lipinski definition) is 6. The topological polar surface area (TPSA) is 80.7 Å². The molecule has 6 nitrogen and oxygen atoms in total. The van der Waals surface area contributed by atoms with Gasteiger partial charge in [-0.05, 0) is 23.8 Å². The molecule has 7 heteroatoms. The zero-order valence-corrected chi connectivity index (χ0v) is 14.0. The van der Waals surface area contributed by atoms with Gasteiger partial charge in [0.1, 0.15) is 18.4 Å². The average molecular weight is 346 g/mol. The molecule has 2 atom stereocenters. The van der Waals surface area contributed by atoms with Gasteiger partial charge >= 0.3 is 5.97 Å². The number of carbonyl (C=O) groups is 1. The van der Waals surface area contributed by atoms with Crippen LogP contribution in [-0.2, 0) is 11.4 Å². The summed E-state index contributed by atoms with van der Waals surface area (Å²) in [5.74, 6) is 1.00. The molecule has 1 aliphatic heterocycles. The molecule has 2 heterocycles.